The minimum atomic E-state index is -4.72. The lowest BCUT2D eigenvalue weighted by molar-refractivity contribution is -0.142. The summed E-state index contributed by atoms with van der Waals surface area (Å²) >= 11 is 0.969. The van der Waals surface area contributed by atoms with Gasteiger partial charge in [-0.3, -0.25) is 19.8 Å². The maximum absolute atomic E-state index is 13.9. The predicted octanol–water partition coefficient (Wildman–Crippen LogP) is 5.02. The van der Waals surface area contributed by atoms with Gasteiger partial charge < -0.3 is 14.7 Å². The number of piperidine rings is 1. The number of nitrogens with one attached hydrogen (secondary N) is 1. The van der Waals surface area contributed by atoms with Crippen LogP contribution in [0.3, 0.4) is 0 Å². The second-order valence-electron chi connectivity index (χ2n) is 10.3. The highest BCUT2D eigenvalue weighted by Gasteiger charge is 2.39. The Labute approximate surface area is 246 Å². The largest absolute Gasteiger partial charge is 0.496 e. The van der Waals surface area contributed by atoms with Gasteiger partial charge in [0.25, 0.3) is 11.8 Å². The van der Waals surface area contributed by atoms with Crippen LogP contribution in [0.2, 0.25) is 0 Å². The molecule has 0 bridgehead atoms. The number of aromatic nitrogens is 3. The number of amides is 1. The summed E-state index contributed by atoms with van der Waals surface area (Å²) in [4.78, 5) is 40.7. The smallest absolute Gasteiger partial charge is 0.419 e. The number of methoxy groups -OCH3 is 1. The Balaban J connectivity index is 1.37. The van der Waals surface area contributed by atoms with Crippen LogP contribution < -0.4 is 15.0 Å². The van der Waals surface area contributed by atoms with Crippen molar-refractivity contribution < 1.29 is 41.4 Å². The van der Waals surface area contributed by atoms with Crippen molar-refractivity contribution in [2.75, 3.05) is 43.5 Å². The Hall–Kier alpha value is -3.92. The first-order valence-electron chi connectivity index (χ1n) is 13.3. The van der Waals surface area contributed by atoms with Crippen LogP contribution >= 0.6 is 11.3 Å². The van der Waals surface area contributed by atoms with E-state index in [0.717, 1.165) is 30.6 Å². The molecule has 2 fully saturated rings. The molecule has 5 rings (SSSR count). The van der Waals surface area contributed by atoms with Gasteiger partial charge in [-0.25, -0.2) is 23.7 Å². The number of carbonyl (C=O) groups excluding carboxylic acids is 1. The van der Waals surface area contributed by atoms with Crippen molar-refractivity contribution in [2.24, 2.45) is 5.92 Å². The number of aliphatic carboxylic acids is 1. The third-order valence-corrected chi connectivity index (χ3v) is 8.31. The van der Waals surface area contributed by atoms with E-state index in [1.54, 1.807) is 0 Å². The van der Waals surface area contributed by atoms with Crippen LogP contribution in [0, 0.1) is 5.92 Å². The Morgan fingerprint density at radius 1 is 1.16 bits per heavy atom. The van der Waals surface area contributed by atoms with Crippen molar-refractivity contribution >= 4 is 34.2 Å². The highest BCUT2D eigenvalue weighted by molar-refractivity contribution is 7.16. The summed E-state index contributed by atoms with van der Waals surface area (Å²) in [6.45, 7) is 0.550. The van der Waals surface area contributed by atoms with E-state index in [4.69, 9.17) is 4.74 Å². The molecule has 0 atom stereocenters. The molecule has 3 aromatic rings. The fourth-order valence-corrected chi connectivity index (χ4v) is 6.10. The molecule has 0 saturated carbocycles. The molecular weight excluding hydrogens is 599 g/mol. The number of thiazole rings is 1. The lowest BCUT2D eigenvalue weighted by Gasteiger charge is -2.30. The molecule has 0 aliphatic carbocycles. The van der Waals surface area contributed by atoms with E-state index in [1.165, 1.54) is 23.4 Å². The Morgan fingerprint density at radius 3 is 2.49 bits per heavy atom. The highest BCUT2D eigenvalue weighted by Crippen LogP contribution is 2.41. The zero-order chi connectivity index (χ0) is 30.9. The fourth-order valence-electron chi connectivity index (χ4n) is 5.08. The average Bonchev–Trinajstić information content (AvgIpc) is 3.53. The molecule has 0 spiro atoms. The predicted molar refractivity (Wildman–Crippen MR) is 147 cm³/mol. The van der Waals surface area contributed by atoms with Gasteiger partial charge >= 0.3 is 12.1 Å². The summed E-state index contributed by atoms with van der Waals surface area (Å²) in [6.07, 6.45) is -1.48. The summed E-state index contributed by atoms with van der Waals surface area (Å²) in [7, 11) is 1.12. The van der Waals surface area contributed by atoms with Crippen LogP contribution in [0.4, 0.5) is 32.9 Å². The summed E-state index contributed by atoms with van der Waals surface area (Å²) in [5.74, 6) is -4.69. The maximum Gasteiger partial charge on any atom is 0.419 e. The number of anilines is 2. The molecule has 2 aliphatic heterocycles. The van der Waals surface area contributed by atoms with Crippen LogP contribution in [-0.2, 0) is 17.5 Å². The van der Waals surface area contributed by atoms with Gasteiger partial charge in [-0.1, -0.05) is 11.3 Å². The highest BCUT2D eigenvalue weighted by atomic mass is 32.1. The molecule has 4 heterocycles. The number of halogens is 5. The average molecular weight is 627 g/mol. The van der Waals surface area contributed by atoms with Gasteiger partial charge in [0.2, 0.25) is 0 Å². The van der Waals surface area contributed by atoms with Gasteiger partial charge in [0.1, 0.15) is 17.3 Å². The number of nitrogens with zero attached hydrogens (tertiary/aromatic N) is 5. The number of rotatable bonds is 8. The van der Waals surface area contributed by atoms with Crippen LogP contribution in [0.1, 0.15) is 40.2 Å². The number of carbonyl (C=O) groups is 2. The van der Waals surface area contributed by atoms with Gasteiger partial charge in [0.15, 0.2) is 5.13 Å². The van der Waals surface area contributed by atoms with E-state index in [2.05, 4.69) is 20.3 Å². The lowest BCUT2D eigenvalue weighted by atomic mass is 9.97. The Morgan fingerprint density at radius 2 is 1.91 bits per heavy atom. The molecule has 43 heavy (non-hydrogen) atoms. The van der Waals surface area contributed by atoms with Crippen LogP contribution in [0.15, 0.2) is 30.6 Å². The van der Waals surface area contributed by atoms with Gasteiger partial charge in [-0.2, -0.15) is 13.2 Å². The Bertz CT molecular complexity index is 1490. The van der Waals surface area contributed by atoms with E-state index in [1.807, 2.05) is 4.90 Å². The van der Waals surface area contributed by atoms with E-state index in [9.17, 15) is 36.6 Å². The van der Waals surface area contributed by atoms with E-state index in [-0.39, 0.29) is 47.3 Å². The third-order valence-electron chi connectivity index (χ3n) is 7.35. The van der Waals surface area contributed by atoms with Gasteiger partial charge in [0.05, 0.1) is 43.2 Å². The molecule has 10 nitrogen and oxygen atoms in total. The Kier molecular flexibility index (Phi) is 8.51. The first kappa shape index (κ1) is 30.5. The lowest BCUT2D eigenvalue weighted by Crippen LogP contribution is -2.36. The van der Waals surface area contributed by atoms with E-state index >= 15 is 0 Å². The number of alkyl halides is 5. The van der Waals surface area contributed by atoms with Crippen molar-refractivity contribution in [2.45, 2.75) is 37.9 Å². The molecule has 230 valence electrons. The zero-order valence-corrected chi connectivity index (χ0v) is 23.6. The monoisotopic (exact) mass is 626 g/mol. The summed E-state index contributed by atoms with van der Waals surface area (Å²) in [6, 6.07) is 3.43. The molecule has 2 aliphatic rings. The molecule has 0 radical (unpaired) electrons. The minimum Gasteiger partial charge on any atom is -0.496 e. The van der Waals surface area contributed by atoms with Crippen molar-refractivity contribution in [3.8, 4) is 17.0 Å². The standard InChI is InChI=1S/C27H27F5N6O4S/c1-42-19-3-2-16(10-17(19)27(30,31)32)22-20(13-37-9-6-26(28,29)14-37)43-25(35-22)36-23(39)18-11-34-21(12-33-18)38-7-4-15(5-8-38)24(40)41/h2-3,10-12,15H,4-9,13-14H2,1H3,(H,40,41)(H,35,36,39). The van der Waals surface area contributed by atoms with E-state index < -0.39 is 42.0 Å². The number of carboxylic acid groups (broad SMARTS) is 1. The number of likely N-dealkylation sites (tertiary alicyclic amines) is 1. The van der Waals surface area contributed by atoms with Crippen molar-refractivity contribution in [3.63, 3.8) is 0 Å². The number of benzene rings is 1. The SMILES string of the molecule is COc1ccc(-c2nc(NC(=O)c3cnc(N4CCC(C(=O)O)CC4)cn3)sc2CN2CCC(F)(F)C2)cc1C(F)(F)F. The van der Waals surface area contributed by atoms with Crippen molar-refractivity contribution in [1.82, 2.24) is 19.9 Å². The quantitative estimate of drug-likeness (QED) is 0.332. The molecule has 2 aromatic heterocycles. The molecule has 2 N–H and O–H groups in total. The molecule has 0 unspecified atom stereocenters. The van der Waals surface area contributed by atoms with Gasteiger partial charge in [-0.05, 0) is 31.0 Å². The number of ether oxygens (including phenoxy) is 1. The zero-order valence-electron chi connectivity index (χ0n) is 22.8. The summed E-state index contributed by atoms with van der Waals surface area (Å²) in [5.41, 5.74) is -0.866. The summed E-state index contributed by atoms with van der Waals surface area (Å²) < 4.78 is 73.7. The van der Waals surface area contributed by atoms with Crippen LogP contribution in [0.5, 0.6) is 5.75 Å². The topological polar surface area (TPSA) is 121 Å². The molecule has 1 amide bonds. The maximum atomic E-state index is 13.9. The third kappa shape index (κ3) is 7.01. The first-order valence-corrected chi connectivity index (χ1v) is 14.1. The fraction of sp³-hybridized carbons (Fsp3) is 0.444. The van der Waals surface area contributed by atoms with Crippen LogP contribution in [-0.4, -0.2) is 76.0 Å². The molecule has 2 saturated heterocycles. The number of hydrogen-bond donors (Lipinski definition) is 2. The van der Waals surface area contributed by atoms with Gasteiger partial charge in [0, 0.05) is 43.0 Å². The number of carboxylic acids is 1. The molecule has 16 heteroatoms. The second kappa shape index (κ2) is 12.0. The minimum absolute atomic E-state index is 0.00108. The van der Waals surface area contributed by atoms with Gasteiger partial charge in [-0.15, -0.1) is 0 Å². The van der Waals surface area contributed by atoms with Crippen molar-refractivity contribution in [3.05, 3.63) is 46.7 Å². The molecule has 1 aromatic carbocycles. The molecular formula is C27H27F5N6O4S. The van der Waals surface area contributed by atoms with Crippen molar-refractivity contribution in [1.29, 1.82) is 0 Å². The van der Waals surface area contributed by atoms with E-state index in [0.29, 0.717) is 36.6 Å². The number of hydrogen-bond acceptors (Lipinski definition) is 9. The van der Waals surface area contributed by atoms with Crippen LogP contribution in [0.25, 0.3) is 11.3 Å². The second-order valence-corrected chi connectivity index (χ2v) is 11.4. The first-order chi connectivity index (χ1) is 20.3. The summed E-state index contributed by atoms with van der Waals surface area (Å²) in [5, 5.41) is 11.8. The normalized spacial score (nSPS) is 17.7.